The number of hydrogen-bond acceptors (Lipinski definition) is 7. The molecular weight excluding hydrogens is 345 g/mol. The van der Waals surface area contributed by atoms with E-state index in [1.54, 1.807) is 12.3 Å². The molecule has 3 rings (SSSR count). The Morgan fingerprint density at radius 1 is 1.40 bits per heavy atom. The average Bonchev–Trinajstić information content (AvgIpc) is 2.95. The zero-order valence-electron chi connectivity index (χ0n) is 13.8. The fourth-order valence-electron chi connectivity index (χ4n) is 3.10. The van der Waals surface area contributed by atoms with Crippen LogP contribution < -0.4 is 11.1 Å². The van der Waals surface area contributed by atoms with Crippen LogP contribution in [0.2, 0.25) is 0 Å². The largest absolute Gasteiger partial charge is 0.466 e. The predicted octanol–water partition coefficient (Wildman–Crippen LogP) is 2.33. The first kappa shape index (κ1) is 17.1. The van der Waals surface area contributed by atoms with Gasteiger partial charge in [-0.2, -0.15) is 0 Å². The molecular formula is C17H16FN3O3S. The quantitative estimate of drug-likeness (QED) is 0.815. The third-order valence-electron chi connectivity index (χ3n) is 4.12. The lowest BCUT2D eigenvalue weighted by atomic mass is 9.80. The van der Waals surface area contributed by atoms with Crippen molar-refractivity contribution < 1.29 is 18.7 Å². The number of esters is 1. The minimum atomic E-state index is -0.747. The van der Waals surface area contributed by atoms with Gasteiger partial charge in [0, 0.05) is 16.7 Å². The number of thiophene rings is 1. The number of Topliss-reactive ketones (excluding diaryl/α,β-unsaturated/α-hetero) is 1. The van der Waals surface area contributed by atoms with Gasteiger partial charge < -0.3 is 15.8 Å². The molecule has 3 N–H and O–H groups in total. The lowest BCUT2D eigenvalue weighted by Crippen LogP contribution is -2.35. The van der Waals surface area contributed by atoms with Crippen LogP contribution in [-0.2, 0) is 14.3 Å². The lowest BCUT2D eigenvalue weighted by Gasteiger charge is -2.29. The second-order valence-electron chi connectivity index (χ2n) is 5.67. The molecule has 25 heavy (non-hydrogen) atoms. The van der Waals surface area contributed by atoms with Gasteiger partial charge in [0.25, 0.3) is 0 Å². The number of allylic oxidation sites excluding steroid dienone is 2. The van der Waals surface area contributed by atoms with Crippen molar-refractivity contribution in [3.63, 3.8) is 0 Å². The van der Waals surface area contributed by atoms with Crippen LogP contribution in [0.4, 0.5) is 4.39 Å². The number of nitrogens with two attached hydrogens (primary N) is 1. The molecule has 3 heterocycles. The van der Waals surface area contributed by atoms with Gasteiger partial charge in [0.2, 0.25) is 0 Å². The summed E-state index contributed by atoms with van der Waals surface area (Å²) in [5, 5.41) is 5.16. The first-order valence-corrected chi connectivity index (χ1v) is 8.32. The number of fused-ring (bicyclic) bond motifs is 1. The van der Waals surface area contributed by atoms with E-state index >= 15 is 0 Å². The topological polar surface area (TPSA) is 94.3 Å². The number of carbonyl (C=O) groups is 2. The van der Waals surface area contributed by atoms with Crippen molar-refractivity contribution in [1.82, 2.24) is 10.3 Å². The van der Waals surface area contributed by atoms with Crippen LogP contribution in [0.5, 0.6) is 0 Å². The molecule has 0 saturated carbocycles. The highest BCUT2D eigenvalue weighted by Crippen LogP contribution is 2.42. The Hall–Kier alpha value is -2.74. The highest BCUT2D eigenvalue weighted by molar-refractivity contribution is 7.16. The minimum absolute atomic E-state index is 0.114. The molecule has 0 radical (unpaired) electrons. The highest BCUT2D eigenvalue weighted by Gasteiger charge is 2.37. The van der Waals surface area contributed by atoms with E-state index < -0.39 is 17.7 Å². The van der Waals surface area contributed by atoms with Crippen LogP contribution >= 0.6 is 11.3 Å². The van der Waals surface area contributed by atoms with Crippen LogP contribution in [0.15, 0.2) is 40.3 Å². The number of carbonyl (C=O) groups excluding carboxylic acids is 2. The molecule has 8 heteroatoms. The third-order valence-corrected chi connectivity index (χ3v) is 5.04. The Morgan fingerprint density at radius 2 is 2.12 bits per heavy atom. The van der Waals surface area contributed by atoms with E-state index in [9.17, 15) is 14.0 Å². The first-order valence-electron chi connectivity index (χ1n) is 7.44. The molecule has 1 atom stereocenters. The maximum Gasteiger partial charge on any atom is 0.338 e. The van der Waals surface area contributed by atoms with E-state index in [-0.39, 0.29) is 17.2 Å². The van der Waals surface area contributed by atoms with Crippen molar-refractivity contribution in [3.05, 3.63) is 51.7 Å². The summed E-state index contributed by atoms with van der Waals surface area (Å²) in [6, 6.07) is 1.34. The molecule has 0 spiro atoms. The SMILES string of the molecule is COC(=O)C1=C(N)NC(C)=C(C(C)=O)C1c1csc2ncc(F)cc12. The molecule has 6 nitrogen and oxygen atoms in total. The van der Waals surface area contributed by atoms with Gasteiger partial charge in [-0.25, -0.2) is 14.2 Å². The summed E-state index contributed by atoms with van der Waals surface area (Å²) in [5.41, 5.74) is 7.68. The number of methoxy groups -OCH3 is 1. The zero-order valence-corrected chi connectivity index (χ0v) is 14.7. The Labute approximate surface area is 147 Å². The average molecular weight is 361 g/mol. The molecule has 2 aromatic heterocycles. The Morgan fingerprint density at radius 3 is 2.76 bits per heavy atom. The molecule has 0 aliphatic carbocycles. The van der Waals surface area contributed by atoms with Gasteiger partial charge >= 0.3 is 5.97 Å². The van der Waals surface area contributed by atoms with Crippen molar-refractivity contribution in [2.24, 2.45) is 5.73 Å². The number of ether oxygens (including phenoxy) is 1. The molecule has 1 aliphatic rings. The Balaban J connectivity index is 2.32. The summed E-state index contributed by atoms with van der Waals surface area (Å²) < 4.78 is 18.6. The van der Waals surface area contributed by atoms with Gasteiger partial charge in [0.15, 0.2) is 5.78 Å². The van der Waals surface area contributed by atoms with Gasteiger partial charge in [0.1, 0.15) is 16.5 Å². The number of rotatable bonds is 3. The Kier molecular flexibility index (Phi) is 4.30. The first-order chi connectivity index (χ1) is 11.8. The number of dihydropyridines is 1. The van der Waals surface area contributed by atoms with Crippen molar-refractivity contribution in [2.45, 2.75) is 19.8 Å². The van der Waals surface area contributed by atoms with Gasteiger partial charge in [-0.1, -0.05) is 0 Å². The lowest BCUT2D eigenvalue weighted by molar-refractivity contribution is -0.136. The van der Waals surface area contributed by atoms with E-state index in [0.29, 0.717) is 27.1 Å². The van der Waals surface area contributed by atoms with E-state index in [0.717, 1.165) is 6.20 Å². The maximum atomic E-state index is 13.7. The van der Waals surface area contributed by atoms with E-state index in [1.165, 1.54) is 31.4 Å². The predicted molar refractivity (Wildman–Crippen MR) is 92.1 cm³/mol. The van der Waals surface area contributed by atoms with Crippen LogP contribution in [0.1, 0.15) is 25.3 Å². The molecule has 0 amide bonds. The number of halogens is 1. The van der Waals surface area contributed by atoms with Crippen LogP contribution in [0, 0.1) is 5.82 Å². The van der Waals surface area contributed by atoms with Gasteiger partial charge in [-0.05, 0) is 30.9 Å². The number of hydrogen-bond donors (Lipinski definition) is 2. The van der Waals surface area contributed by atoms with Gasteiger partial charge in [0.05, 0.1) is 24.8 Å². The van der Waals surface area contributed by atoms with Crippen LogP contribution in [-0.4, -0.2) is 23.8 Å². The standard InChI is InChI=1S/C17H16FN3O3S/c1-7-12(8(2)22)13(14(15(19)21-7)17(23)24-3)11-6-25-16-10(11)4-9(18)5-20-16/h4-6,13,21H,19H2,1-3H3. The van der Waals surface area contributed by atoms with Gasteiger partial charge in [-0.3, -0.25) is 4.79 Å². The Bertz CT molecular complexity index is 961. The summed E-state index contributed by atoms with van der Waals surface area (Å²) in [4.78, 5) is 29.3. The highest BCUT2D eigenvalue weighted by atomic mass is 32.1. The van der Waals surface area contributed by atoms with Crippen molar-refractivity contribution in [1.29, 1.82) is 0 Å². The normalized spacial score (nSPS) is 17.7. The summed E-state index contributed by atoms with van der Waals surface area (Å²) in [6.45, 7) is 3.12. The number of nitrogens with zero attached hydrogens (tertiary/aromatic N) is 1. The van der Waals surface area contributed by atoms with E-state index in [1.807, 2.05) is 0 Å². The molecule has 130 valence electrons. The molecule has 0 bridgehead atoms. The summed E-state index contributed by atoms with van der Waals surface area (Å²) in [5.74, 6) is -1.99. The second kappa shape index (κ2) is 6.29. The molecule has 0 saturated heterocycles. The van der Waals surface area contributed by atoms with Crippen LogP contribution in [0.3, 0.4) is 0 Å². The second-order valence-corrected chi connectivity index (χ2v) is 6.53. The van der Waals surface area contributed by atoms with E-state index in [4.69, 9.17) is 10.5 Å². The van der Waals surface area contributed by atoms with Crippen molar-refractivity contribution >= 4 is 33.3 Å². The molecule has 0 fully saturated rings. The number of ketones is 1. The molecule has 2 aromatic rings. The fourth-order valence-corrected chi connectivity index (χ4v) is 4.02. The van der Waals surface area contributed by atoms with E-state index in [2.05, 4.69) is 10.3 Å². The van der Waals surface area contributed by atoms with Gasteiger partial charge in [-0.15, -0.1) is 11.3 Å². The number of pyridine rings is 1. The van der Waals surface area contributed by atoms with Crippen molar-refractivity contribution in [3.8, 4) is 0 Å². The molecule has 1 aliphatic heterocycles. The summed E-state index contributed by atoms with van der Waals surface area (Å²) in [6.07, 6.45) is 1.13. The third kappa shape index (κ3) is 2.78. The monoisotopic (exact) mass is 361 g/mol. The maximum absolute atomic E-state index is 13.7. The van der Waals surface area contributed by atoms with Crippen molar-refractivity contribution in [2.75, 3.05) is 7.11 Å². The minimum Gasteiger partial charge on any atom is -0.466 e. The van der Waals surface area contributed by atoms with Crippen LogP contribution in [0.25, 0.3) is 10.2 Å². The molecule has 0 aromatic carbocycles. The number of aromatic nitrogens is 1. The zero-order chi connectivity index (χ0) is 18.3. The summed E-state index contributed by atoms with van der Waals surface area (Å²) in [7, 11) is 1.24. The smallest absolute Gasteiger partial charge is 0.338 e. The molecule has 1 unspecified atom stereocenters. The number of nitrogens with one attached hydrogen (secondary N) is 1. The summed E-state index contributed by atoms with van der Waals surface area (Å²) >= 11 is 1.31. The fraction of sp³-hybridized carbons (Fsp3) is 0.235.